The second kappa shape index (κ2) is 8.80. The Kier molecular flexibility index (Phi) is 5.91. The Balaban J connectivity index is 1.70. The topological polar surface area (TPSA) is 82.3 Å². The molecule has 7 nitrogen and oxygen atoms in total. The monoisotopic (exact) mass is 453 g/mol. The number of hydrogen-bond acceptors (Lipinski definition) is 5. The van der Waals surface area contributed by atoms with Crippen LogP contribution in [0.15, 0.2) is 63.5 Å². The summed E-state index contributed by atoms with van der Waals surface area (Å²) in [7, 11) is 1.54. The number of ether oxygens (including phenoxy) is 1. The first-order valence-corrected chi connectivity index (χ1v) is 10.6. The lowest BCUT2D eigenvalue weighted by molar-refractivity contribution is -0.116. The van der Waals surface area contributed by atoms with Gasteiger partial charge in [-0.2, -0.15) is 0 Å². The number of nitrogens with one attached hydrogen (secondary N) is 1. The molecule has 9 heteroatoms. The molecule has 164 valence electrons. The lowest BCUT2D eigenvalue weighted by atomic mass is 10.2. The van der Waals surface area contributed by atoms with Gasteiger partial charge in [0, 0.05) is 5.69 Å². The Morgan fingerprint density at radius 2 is 1.94 bits per heavy atom. The van der Waals surface area contributed by atoms with Crippen LogP contribution in [0.3, 0.4) is 0 Å². The van der Waals surface area contributed by atoms with Crippen LogP contribution in [0.1, 0.15) is 11.1 Å². The average molecular weight is 453 g/mol. The first-order chi connectivity index (χ1) is 15.4. The van der Waals surface area contributed by atoms with Gasteiger partial charge in [-0.25, -0.2) is 9.18 Å². The molecule has 32 heavy (non-hydrogen) atoms. The summed E-state index contributed by atoms with van der Waals surface area (Å²) in [4.78, 5) is 38.8. The number of carbonyl (C=O) groups is 1. The third-order valence-electron chi connectivity index (χ3n) is 5.07. The highest BCUT2D eigenvalue weighted by atomic mass is 32.1. The van der Waals surface area contributed by atoms with Gasteiger partial charge in [0.25, 0.3) is 5.56 Å². The fourth-order valence-corrected chi connectivity index (χ4v) is 4.24. The maximum Gasteiger partial charge on any atom is 0.332 e. The highest BCUT2D eigenvalue weighted by Crippen LogP contribution is 2.18. The Labute approximate surface area is 186 Å². The molecule has 2 heterocycles. The molecule has 0 aliphatic carbocycles. The van der Waals surface area contributed by atoms with Crippen LogP contribution in [0.4, 0.5) is 10.1 Å². The zero-order chi connectivity index (χ0) is 22.8. The predicted molar refractivity (Wildman–Crippen MR) is 122 cm³/mol. The van der Waals surface area contributed by atoms with Gasteiger partial charge in [0.05, 0.1) is 19.2 Å². The Bertz CT molecular complexity index is 1440. The van der Waals surface area contributed by atoms with Crippen LogP contribution < -0.4 is 21.3 Å². The Hall–Kier alpha value is -3.72. The van der Waals surface area contributed by atoms with E-state index in [2.05, 4.69) is 5.32 Å². The molecule has 0 spiro atoms. The highest BCUT2D eigenvalue weighted by Gasteiger charge is 2.17. The zero-order valence-corrected chi connectivity index (χ0v) is 18.2. The van der Waals surface area contributed by atoms with E-state index in [1.807, 2.05) is 0 Å². The van der Waals surface area contributed by atoms with Crippen molar-refractivity contribution in [1.82, 2.24) is 9.13 Å². The number of aryl methyl sites for hydroxylation is 1. The number of hydrogen-bond donors (Lipinski definition) is 1. The summed E-state index contributed by atoms with van der Waals surface area (Å²) < 4.78 is 21.7. The SMILES string of the molecule is COc1cccc(Cn2c(=O)c3sccc3n(CC(=O)Nc3ccc(C)c(F)c3)c2=O)c1. The van der Waals surface area contributed by atoms with Gasteiger partial charge in [-0.05, 0) is 53.8 Å². The van der Waals surface area contributed by atoms with Crippen LogP contribution in [0.2, 0.25) is 0 Å². The third-order valence-corrected chi connectivity index (χ3v) is 5.96. The maximum atomic E-state index is 13.8. The first-order valence-electron chi connectivity index (χ1n) is 9.77. The quantitative estimate of drug-likeness (QED) is 0.485. The van der Waals surface area contributed by atoms with Gasteiger partial charge in [-0.3, -0.25) is 18.7 Å². The van der Waals surface area contributed by atoms with Crippen LogP contribution in [0, 0.1) is 12.7 Å². The second-order valence-corrected chi connectivity index (χ2v) is 8.17. The number of anilines is 1. The number of halogens is 1. The second-order valence-electron chi connectivity index (χ2n) is 7.26. The van der Waals surface area contributed by atoms with Crippen molar-refractivity contribution in [2.45, 2.75) is 20.0 Å². The molecule has 0 aliphatic rings. The standard InChI is InChI=1S/C23H20FN3O4S/c1-14-6-7-16(11-18(14)24)25-20(28)13-26-19-8-9-32-21(19)22(29)27(23(26)30)12-15-4-3-5-17(10-15)31-2/h3-11H,12-13H2,1-2H3,(H,25,28). The fraction of sp³-hybridized carbons (Fsp3) is 0.174. The van der Waals surface area contributed by atoms with Crippen LogP contribution in [-0.4, -0.2) is 22.2 Å². The number of aromatic nitrogens is 2. The molecule has 2 aromatic heterocycles. The predicted octanol–water partition coefficient (Wildman–Crippen LogP) is 3.37. The summed E-state index contributed by atoms with van der Waals surface area (Å²) in [6, 6.07) is 13.1. The third kappa shape index (κ3) is 4.19. The van der Waals surface area contributed by atoms with Crippen LogP contribution in [0.25, 0.3) is 10.2 Å². The summed E-state index contributed by atoms with van der Waals surface area (Å²) >= 11 is 1.20. The zero-order valence-electron chi connectivity index (χ0n) is 17.4. The van der Waals surface area contributed by atoms with E-state index in [4.69, 9.17) is 4.74 Å². The minimum atomic E-state index is -0.603. The normalized spacial score (nSPS) is 11.0. The molecular weight excluding hydrogens is 433 g/mol. The van der Waals surface area contributed by atoms with Crippen LogP contribution >= 0.6 is 11.3 Å². The van der Waals surface area contributed by atoms with E-state index in [-0.39, 0.29) is 18.8 Å². The van der Waals surface area contributed by atoms with Crippen molar-refractivity contribution in [3.05, 3.63) is 91.7 Å². The van der Waals surface area contributed by atoms with E-state index >= 15 is 0 Å². The molecule has 0 aliphatic heterocycles. The molecular formula is C23H20FN3O4S. The number of rotatable bonds is 6. The molecule has 1 amide bonds. The minimum absolute atomic E-state index is 0.0352. The summed E-state index contributed by atoms with van der Waals surface area (Å²) in [6.07, 6.45) is 0. The van der Waals surface area contributed by atoms with Gasteiger partial charge in [0.1, 0.15) is 22.8 Å². The summed E-state index contributed by atoms with van der Waals surface area (Å²) in [5.74, 6) is -0.334. The maximum absolute atomic E-state index is 13.8. The Morgan fingerprint density at radius 3 is 2.69 bits per heavy atom. The van der Waals surface area contributed by atoms with Crippen molar-refractivity contribution in [3.8, 4) is 5.75 Å². The molecule has 0 unspecified atom stereocenters. The largest absolute Gasteiger partial charge is 0.497 e. The van der Waals surface area contributed by atoms with E-state index in [1.54, 1.807) is 54.8 Å². The van der Waals surface area contributed by atoms with Gasteiger partial charge in [0.2, 0.25) is 5.91 Å². The molecule has 4 aromatic rings. The summed E-state index contributed by atoms with van der Waals surface area (Å²) in [6.45, 7) is 1.34. The van der Waals surface area contributed by atoms with Gasteiger partial charge < -0.3 is 10.1 Å². The smallest absolute Gasteiger partial charge is 0.332 e. The number of fused-ring (bicyclic) bond motifs is 1. The number of methoxy groups -OCH3 is 1. The van der Waals surface area contributed by atoms with Gasteiger partial charge in [-0.1, -0.05) is 18.2 Å². The van der Waals surface area contributed by atoms with E-state index < -0.39 is 23.0 Å². The van der Waals surface area contributed by atoms with Crippen molar-refractivity contribution in [1.29, 1.82) is 0 Å². The number of benzene rings is 2. The lowest BCUT2D eigenvalue weighted by Crippen LogP contribution is -2.41. The fourth-order valence-electron chi connectivity index (χ4n) is 3.39. The molecule has 0 fully saturated rings. The van der Waals surface area contributed by atoms with E-state index in [1.165, 1.54) is 29.1 Å². The van der Waals surface area contributed by atoms with Crippen molar-refractivity contribution >= 4 is 33.1 Å². The molecule has 2 aromatic carbocycles. The van der Waals surface area contributed by atoms with Crippen LogP contribution in [0.5, 0.6) is 5.75 Å². The molecule has 0 radical (unpaired) electrons. The van der Waals surface area contributed by atoms with Crippen molar-refractivity contribution in [2.24, 2.45) is 0 Å². The van der Waals surface area contributed by atoms with Crippen molar-refractivity contribution < 1.29 is 13.9 Å². The molecule has 0 saturated carbocycles. The first kappa shape index (κ1) is 21.5. The lowest BCUT2D eigenvalue weighted by Gasteiger charge is -2.13. The van der Waals surface area contributed by atoms with Gasteiger partial charge in [-0.15, -0.1) is 11.3 Å². The molecule has 1 N–H and O–H groups in total. The molecule has 0 atom stereocenters. The average Bonchev–Trinajstić information content (AvgIpc) is 3.27. The Morgan fingerprint density at radius 1 is 1.12 bits per heavy atom. The highest BCUT2D eigenvalue weighted by molar-refractivity contribution is 7.17. The van der Waals surface area contributed by atoms with E-state index in [0.29, 0.717) is 27.1 Å². The molecule has 4 rings (SSSR count). The summed E-state index contributed by atoms with van der Waals surface area (Å²) in [5, 5.41) is 4.30. The van der Waals surface area contributed by atoms with Crippen LogP contribution in [-0.2, 0) is 17.9 Å². The van der Waals surface area contributed by atoms with Crippen molar-refractivity contribution in [3.63, 3.8) is 0 Å². The van der Waals surface area contributed by atoms with E-state index in [0.717, 1.165) is 4.57 Å². The molecule has 0 bridgehead atoms. The minimum Gasteiger partial charge on any atom is -0.497 e. The number of amides is 1. The molecule has 0 saturated heterocycles. The van der Waals surface area contributed by atoms with Gasteiger partial charge >= 0.3 is 5.69 Å². The number of thiophene rings is 1. The van der Waals surface area contributed by atoms with E-state index in [9.17, 15) is 18.8 Å². The number of nitrogens with zero attached hydrogens (tertiary/aromatic N) is 2. The number of carbonyl (C=O) groups excluding carboxylic acids is 1. The van der Waals surface area contributed by atoms with Gasteiger partial charge in [0.15, 0.2) is 0 Å². The summed E-state index contributed by atoms with van der Waals surface area (Å²) in [5.41, 5.74) is 0.831. The van der Waals surface area contributed by atoms with Crippen molar-refractivity contribution in [2.75, 3.05) is 12.4 Å².